The van der Waals surface area contributed by atoms with Crippen LogP contribution >= 0.6 is 0 Å². The van der Waals surface area contributed by atoms with E-state index in [0.717, 1.165) is 28.2 Å². The molecule has 3 heteroatoms. The summed E-state index contributed by atoms with van der Waals surface area (Å²) in [4.78, 5) is 4.34. The van der Waals surface area contributed by atoms with Crippen molar-refractivity contribution in [3.8, 4) is 5.75 Å². The van der Waals surface area contributed by atoms with Crippen LogP contribution in [0, 0.1) is 5.41 Å². The van der Waals surface area contributed by atoms with E-state index in [1.165, 1.54) is 0 Å². The van der Waals surface area contributed by atoms with Crippen LogP contribution in [0.1, 0.15) is 11.1 Å². The smallest absolute Gasteiger partial charge is 0.153 e. The van der Waals surface area contributed by atoms with Crippen LogP contribution in [-0.4, -0.2) is 18.7 Å². The van der Waals surface area contributed by atoms with Crippen molar-refractivity contribution in [3.63, 3.8) is 0 Å². The lowest BCUT2D eigenvalue weighted by Crippen LogP contribution is -1.93. The second kappa shape index (κ2) is 5.13. The molecule has 0 unspecified atom stereocenters. The fourth-order valence-electron chi connectivity index (χ4n) is 2.17. The van der Waals surface area contributed by atoms with E-state index in [-0.39, 0.29) is 0 Å². The molecule has 1 N–H and O–H groups in total. The second-order valence-corrected chi connectivity index (χ2v) is 4.50. The van der Waals surface area contributed by atoms with Crippen LogP contribution in [0.5, 0.6) is 5.75 Å². The summed E-state index contributed by atoms with van der Waals surface area (Å²) in [5, 5.41) is 8.03. The normalized spacial score (nSPS) is 13.9. The van der Waals surface area contributed by atoms with E-state index >= 15 is 0 Å². The number of nitrogens with one attached hydrogen (secondary N) is 1. The quantitative estimate of drug-likeness (QED) is 0.903. The van der Waals surface area contributed by atoms with Gasteiger partial charge in [0.05, 0.1) is 12.8 Å². The molecule has 2 aromatic rings. The average Bonchev–Trinajstić information content (AvgIpc) is 2.90. The Bertz CT molecular complexity index is 698. The molecule has 0 saturated heterocycles. The van der Waals surface area contributed by atoms with Gasteiger partial charge in [-0.1, -0.05) is 42.5 Å². The number of methoxy groups -OCH3 is 1. The molecule has 2 aromatic carbocycles. The summed E-state index contributed by atoms with van der Waals surface area (Å²) >= 11 is 0. The van der Waals surface area contributed by atoms with Gasteiger partial charge in [-0.15, -0.1) is 0 Å². The van der Waals surface area contributed by atoms with Gasteiger partial charge in [0, 0.05) is 11.1 Å². The molecule has 0 radical (unpaired) electrons. The average molecular weight is 262 g/mol. The molecule has 0 fully saturated rings. The first-order chi connectivity index (χ1) is 9.78. The van der Waals surface area contributed by atoms with Gasteiger partial charge < -0.3 is 4.74 Å². The minimum atomic E-state index is 0.300. The number of hydrogen-bond acceptors (Lipinski definition) is 2. The Morgan fingerprint density at radius 3 is 2.25 bits per heavy atom. The zero-order valence-electron chi connectivity index (χ0n) is 11.1. The van der Waals surface area contributed by atoms with Crippen LogP contribution < -0.4 is 4.74 Å². The summed E-state index contributed by atoms with van der Waals surface area (Å²) in [6, 6.07) is 17.6. The fourth-order valence-corrected chi connectivity index (χ4v) is 2.17. The summed E-state index contributed by atoms with van der Waals surface area (Å²) in [5.74, 6) is 1.11. The highest BCUT2D eigenvalue weighted by atomic mass is 16.5. The topological polar surface area (TPSA) is 45.4 Å². The molecular formula is C17H14N2O. The highest BCUT2D eigenvalue weighted by Gasteiger charge is 2.17. The van der Waals surface area contributed by atoms with Gasteiger partial charge in [0.1, 0.15) is 5.75 Å². The molecule has 1 aliphatic heterocycles. The molecule has 0 bridgehead atoms. The van der Waals surface area contributed by atoms with Gasteiger partial charge in [-0.25, -0.2) is 4.99 Å². The first-order valence-electron chi connectivity index (χ1n) is 6.37. The molecule has 0 amide bonds. The third-order valence-corrected chi connectivity index (χ3v) is 3.24. The number of amidine groups is 1. The predicted octanol–water partition coefficient (Wildman–Crippen LogP) is 3.56. The van der Waals surface area contributed by atoms with E-state index in [4.69, 9.17) is 10.1 Å². The molecule has 1 heterocycles. The predicted molar refractivity (Wildman–Crippen MR) is 81.7 cm³/mol. The first-order valence-corrected chi connectivity index (χ1v) is 6.37. The number of nitrogens with zero attached hydrogens (tertiary/aromatic N) is 1. The van der Waals surface area contributed by atoms with Crippen LogP contribution in [0.3, 0.4) is 0 Å². The molecule has 0 saturated carbocycles. The molecule has 20 heavy (non-hydrogen) atoms. The third-order valence-electron chi connectivity index (χ3n) is 3.24. The van der Waals surface area contributed by atoms with Crippen molar-refractivity contribution in [1.29, 1.82) is 5.41 Å². The van der Waals surface area contributed by atoms with E-state index in [9.17, 15) is 0 Å². The zero-order chi connectivity index (χ0) is 13.9. The van der Waals surface area contributed by atoms with Gasteiger partial charge in [0.25, 0.3) is 0 Å². The Hall–Kier alpha value is -2.68. The number of hydrogen-bond donors (Lipinski definition) is 1. The van der Waals surface area contributed by atoms with Crippen molar-refractivity contribution in [2.75, 3.05) is 7.11 Å². The van der Waals surface area contributed by atoms with Gasteiger partial charge in [0.15, 0.2) is 5.84 Å². The summed E-state index contributed by atoms with van der Waals surface area (Å²) in [6.45, 7) is 0. The Balaban J connectivity index is 1.94. The second-order valence-electron chi connectivity index (χ2n) is 4.50. The van der Waals surface area contributed by atoms with Crippen molar-refractivity contribution >= 4 is 17.1 Å². The van der Waals surface area contributed by atoms with Gasteiger partial charge >= 0.3 is 0 Å². The van der Waals surface area contributed by atoms with Crippen LogP contribution in [0.15, 0.2) is 65.7 Å². The van der Waals surface area contributed by atoms with Crippen molar-refractivity contribution in [3.05, 3.63) is 71.8 Å². The number of rotatable bonds is 3. The number of benzene rings is 2. The van der Waals surface area contributed by atoms with Crippen molar-refractivity contribution in [1.82, 2.24) is 0 Å². The Labute approximate surface area is 117 Å². The van der Waals surface area contributed by atoms with E-state index in [1.807, 2.05) is 60.7 Å². The lowest BCUT2D eigenvalue weighted by Gasteiger charge is -2.03. The van der Waals surface area contributed by atoms with E-state index in [0.29, 0.717) is 5.84 Å². The lowest BCUT2D eigenvalue weighted by atomic mass is 10.0. The maximum Gasteiger partial charge on any atom is 0.153 e. The van der Waals surface area contributed by atoms with E-state index < -0.39 is 0 Å². The zero-order valence-corrected chi connectivity index (χ0v) is 11.1. The van der Waals surface area contributed by atoms with E-state index in [2.05, 4.69) is 4.99 Å². The third kappa shape index (κ3) is 2.26. The largest absolute Gasteiger partial charge is 0.497 e. The molecule has 1 aliphatic rings. The molecule has 0 atom stereocenters. The molecule has 0 aromatic heterocycles. The first kappa shape index (κ1) is 12.4. The summed E-state index contributed by atoms with van der Waals surface area (Å²) < 4.78 is 5.15. The van der Waals surface area contributed by atoms with Crippen LogP contribution in [0.2, 0.25) is 0 Å². The summed E-state index contributed by atoms with van der Waals surface area (Å²) in [5.41, 5.74) is 3.68. The van der Waals surface area contributed by atoms with Crippen LogP contribution in [0.25, 0.3) is 5.57 Å². The molecule has 0 spiro atoms. The molecule has 98 valence electrons. The highest BCUT2D eigenvalue weighted by molar-refractivity contribution is 6.36. The number of allylic oxidation sites excluding steroid dienone is 1. The minimum absolute atomic E-state index is 0.300. The van der Waals surface area contributed by atoms with Gasteiger partial charge in [-0.2, -0.15) is 0 Å². The minimum Gasteiger partial charge on any atom is -0.497 e. The standard InChI is InChI=1S/C17H14N2O/c1-20-14-9-7-12(8-10-14)15-11-16(19-17(15)18)13-5-3-2-4-6-13/h2-11,18H,1H3. The van der Waals surface area contributed by atoms with E-state index in [1.54, 1.807) is 7.11 Å². The van der Waals surface area contributed by atoms with Crippen molar-refractivity contribution in [2.24, 2.45) is 4.99 Å². The van der Waals surface area contributed by atoms with Gasteiger partial charge in [-0.05, 0) is 23.8 Å². The summed E-state index contributed by atoms with van der Waals surface area (Å²) in [6.07, 6.45) is 1.96. The van der Waals surface area contributed by atoms with Crippen molar-refractivity contribution < 1.29 is 4.74 Å². The molecule has 0 aliphatic carbocycles. The Morgan fingerprint density at radius 1 is 0.900 bits per heavy atom. The molecule has 3 rings (SSSR count). The van der Waals surface area contributed by atoms with Crippen molar-refractivity contribution in [2.45, 2.75) is 0 Å². The Kier molecular flexibility index (Phi) is 3.17. The Morgan fingerprint density at radius 2 is 1.60 bits per heavy atom. The van der Waals surface area contributed by atoms with Crippen LogP contribution in [0.4, 0.5) is 0 Å². The maximum atomic E-state index is 8.03. The monoisotopic (exact) mass is 262 g/mol. The van der Waals surface area contributed by atoms with Gasteiger partial charge in [0.2, 0.25) is 0 Å². The maximum absolute atomic E-state index is 8.03. The molecule has 3 nitrogen and oxygen atoms in total. The molecular weight excluding hydrogens is 248 g/mol. The summed E-state index contributed by atoms with van der Waals surface area (Å²) in [7, 11) is 1.64. The highest BCUT2D eigenvalue weighted by Crippen LogP contribution is 2.25. The fraction of sp³-hybridized carbons (Fsp3) is 0.0588. The lowest BCUT2D eigenvalue weighted by molar-refractivity contribution is 0.415. The van der Waals surface area contributed by atoms with Crippen LogP contribution in [-0.2, 0) is 0 Å². The van der Waals surface area contributed by atoms with Gasteiger partial charge in [-0.3, -0.25) is 5.41 Å². The SMILES string of the molecule is COc1ccc(C2=CC(c3ccccc3)=NC2=N)cc1. The number of aliphatic imine (C=N–C) groups is 1. The number of ether oxygens (including phenoxy) is 1.